The molecule has 2 aromatic carbocycles. The molecule has 1 N–H and O–H groups in total. The number of nitrogens with one attached hydrogen (secondary N) is 1. The van der Waals surface area contributed by atoms with Crippen LogP contribution >= 0.6 is 0 Å². The minimum atomic E-state index is -0.687. The first-order valence-electron chi connectivity index (χ1n) is 9.31. The Morgan fingerprint density at radius 2 is 1.74 bits per heavy atom. The molecule has 0 aromatic heterocycles. The van der Waals surface area contributed by atoms with Gasteiger partial charge in [0, 0.05) is 30.5 Å². The minimum Gasteiger partial charge on any atom is -0.358 e. The first-order chi connectivity index (χ1) is 12.8. The maximum atomic E-state index is 13.5. The summed E-state index contributed by atoms with van der Waals surface area (Å²) in [6.07, 6.45) is 0.729. The van der Waals surface area contributed by atoms with Gasteiger partial charge in [0.25, 0.3) is 0 Å². The second-order valence-electron chi connectivity index (χ2n) is 7.93. The van der Waals surface area contributed by atoms with Gasteiger partial charge in [0.05, 0.1) is 5.57 Å². The SMILES string of the molecule is CN=C1C(=C2Cc3ccccc3N2)C(=O)C(C)(C)N1c1cc(C)cc(C)c1. The number of allylic oxidation sites excluding steroid dienone is 1. The molecule has 0 spiro atoms. The van der Waals surface area contributed by atoms with E-state index in [0.717, 1.165) is 29.3 Å². The summed E-state index contributed by atoms with van der Waals surface area (Å²) in [4.78, 5) is 20.1. The second-order valence-corrected chi connectivity index (χ2v) is 7.93. The molecule has 0 radical (unpaired) electrons. The van der Waals surface area contributed by atoms with Gasteiger partial charge in [-0.2, -0.15) is 0 Å². The van der Waals surface area contributed by atoms with E-state index in [1.165, 1.54) is 16.7 Å². The van der Waals surface area contributed by atoms with Gasteiger partial charge in [-0.15, -0.1) is 0 Å². The van der Waals surface area contributed by atoms with E-state index in [2.05, 4.69) is 59.4 Å². The Labute approximate surface area is 160 Å². The normalized spacial score (nSPS) is 22.3. The van der Waals surface area contributed by atoms with Crippen molar-refractivity contribution in [3.05, 3.63) is 70.4 Å². The smallest absolute Gasteiger partial charge is 0.193 e. The average Bonchev–Trinajstić information content (AvgIpc) is 3.10. The molecule has 2 heterocycles. The second kappa shape index (κ2) is 6.08. The van der Waals surface area contributed by atoms with Crippen molar-refractivity contribution in [2.45, 2.75) is 39.7 Å². The Kier molecular flexibility index (Phi) is 3.95. The maximum absolute atomic E-state index is 13.5. The Balaban J connectivity index is 1.87. The van der Waals surface area contributed by atoms with Gasteiger partial charge in [0.15, 0.2) is 5.78 Å². The number of Topliss-reactive ketones (excluding diaryl/α,β-unsaturated/α-hetero) is 1. The number of amidine groups is 1. The molecule has 0 atom stereocenters. The number of ketones is 1. The van der Waals surface area contributed by atoms with E-state index in [0.29, 0.717) is 5.57 Å². The van der Waals surface area contributed by atoms with Crippen LogP contribution in [0, 0.1) is 13.8 Å². The van der Waals surface area contributed by atoms with Gasteiger partial charge in [-0.3, -0.25) is 9.79 Å². The van der Waals surface area contributed by atoms with Crippen LogP contribution in [0.1, 0.15) is 30.5 Å². The van der Waals surface area contributed by atoms with Crippen molar-refractivity contribution in [3.63, 3.8) is 0 Å². The molecule has 138 valence electrons. The van der Waals surface area contributed by atoms with E-state index in [1.54, 1.807) is 7.05 Å². The molecule has 4 rings (SSSR count). The number of hydrogen-bond acceptors (Lipinski definition) is 3. The van der Waals surface area contributed by atoms with Crippen LogP contribution in [0.15, 0.2) is 58.7 Å². The first kappa shape index (κ1) is 17.5. The van der Waals surface area contributed by atoms with E-state index >= 15 is 0 Å². The zero-order valence-electron chi connectivity index (χ0n) is 16.6. The molecule has 0 saturated carbocycles. The average molecular weight is 359 g/mol. The zero-order valence-corrected chi connectivity index (χ0v) is 16.6. The third kappa shape index (κ3) is 2.67. The van der Waals surface area contributed by atoms with Crippen molar-refractivity contribution in [2.24, 2.45) is 4.99 Å². The van der Waals surface area contributed by atoms with Crippen molar-refractivity contribution < 1.29 is 4.79 Å². The van der Waals surface area contributed by atoms with Gasteiger partial charge >= 0.3 is 0 Å². The predicted molar refractivity (Wildman–Crippen MR) is 112 cm³/mol. The lowest BCUT2D eigenvalue weighted by Gasteiger charge is -2.32. The van der Waals surface area contributed by atoms with Crippen molar-refractivity contribution >= 4 is 23.0 Å². The summed E-state index contributed by atoms with van der Waals surface area (Å²) in [6, 6.07) is 14.6. The largest absolute Gasteiger partial charge is 0.358 e. The van der Waals surface area contributed by atoms with Gasteiger partial charge in [0.1, 0.15) is 11.4 Å². The molecule has 2 aliphatic rings. The number of para-hydroxylation sites is 1. The highest BCUT2D eigenvalue weighted by atomic mass is 16.1. The molecule has 27 heavy (non-hydrogen) atoms. The predicted octanol–water partition coefficient (Wildman–Crippen LogP) is 4.42. The number of carbonyl (C=O) groups is 1. The lowest BCUT2D eigenvalue weighted by atomic mass is 9.95. The minimum absolute atomic E-state index is 0.109. The van der Waals surface area contributed by atoms with Gasteiger partial charge in [-0.25, -0.2) is 0 Å². The molecule has 2 aromatic rings. The lowest BCUT2D eigenvalue weighted by molar-refractivity contribution is -0.118. The zero-order chi connectivity index (χ0) is 19.3. The number of benzene rings is 2. The van der Waals surface area contributed by atoms with Crippen LogP contribution in [0.3, 0.4) is 0 Å². The van der Waals surface area contributed by atoms with Crippen molar-refractivity contribution in [1.82, 2.24) is 0 Å². The first-order valence-corrected chi connectivity index (χ1v) is 9.31. The highest BCUT2D eigenvalue weighted by Gasteiger charge is 2.50. The molecular formula is C23H25N3O. The molecule has 4 nitrogen and oxygen atoms in total. The molecule has 1 saturated heterocycles. The van der Waals surface area contributed by atoms with Gasteiger partial charge in [0.2, 0.25) is 0 Å². The number of nitrogens with zero attached hydrogens (tertiary/aromatic N) is 2. The van der Waals surface area contributed by atoms with Gasteiger partial charge in [-0.1, -0.05) is 24.3 Å². The number of carbonyl (C=O) groups excluding carboxylic acids is 1. The van der Waals surface area contributed by atoms with Crippen LogP contribution in [-0.4, -0.2) is 24.2 Å². The number of anilines is 2. The lowest BCUT2D eigenvalue weighted by Crippen LogP contribution is -2.44. The Morgan fingerprint density at radius 3 is 2.37 bits per heavy atom. The van der Waals surface area contributed by atoms with Crippen molar-refractivity contribution in [1.29, 1.82) is 0 Å². The molecule has 0 bridgehead atoms. The maximum Gasteiger partial charge on any atom is 0.193 e. The fourth-order valence-corrected chi connectivity index (χ4v) is 4.24. The van der Waals surface area contributed by atoms with Gasteiger partial charge in [-0.05, 0) is 62.6 Å². The standard InChI is InChI=1S/C23H25N3O/c1-14-10-15(2)12-17(11-14)26-22(24-5)20(21(27)23(26,3)4)19-13-16-8-6-7-9-18(16)25-19/h6-12,25H,13H2,1-5H3. The number of aliphatic imine (C=N–C) groups is 1. The van der Waals surface area contributed by atoms with E-state index in [4.69, 9.17) is 0 Å². The molecule has 0 unspecified atom stereocenters. The van der Waals surface area contributed by atoms with Crippen molar-refractivity contribution in [3.8, 4) is 0 Å². The third-order valence-electron chi connectivity index (χ3n) is 5.43. The highest BCUT2D eigenvalue weighted by Crippen LogP contribution is 2.40. The van der Waals surface area contributed by atoms with E-state index in [9.17, 15) is 4.79 Å². The number of fused-ring (bicyclic) bond motifs is 1. The number of rotatable bonds is 1. The van der Waals surface area contributed by atoms with Crippen LogP contribution in [0.5, 0.6) is 0 Å². The summed E-state index contributed by atoms with van der Waals surface area (Å²) in [7, 11) is 1.77. The fraction of sp³-hybridized carbons (Fsp3) is 0.304. The molecular weight excluding hydrogens is 334 g/mol. The Bertz CT molecular complexity index is 967. The summed E-state index contributed by atoms with van der Waals surface area (Å²) in [5.74, 6) is 0.850. The van der Waals surface area contributed by atoms with Crippen molar-refractivity contribution in [2.75, 3.05) is 17.3 Å². The topological polar surface area (TPSA) is 44.7 Å². The summed E-state index contributed by atoms with van der Waals surface area (Å²) >= 11 is 0. The molecule has 4 heteroatoms. The molecule has 2 aliphatic heterocycles. The number of aryl methyl sites for hydroxylation is 2. The number of hydrogen-bond donors (Lipinski definition) is 1. The molecule has 0 amide bonds. The van der Waals surface area contributed by atoms with E-state index in [1.807, 2.05) is 26.0 Å². The molecule has 1 fully saturated rings. The van der Waals surface area contributed by atoms with E-state index < -0.39 is 5.54 Å². The summed E-state index contributed by atoms with van der Waals surface area (Å²) < 4.78 is 0. The van der Waals surface area contributed by atoms with Crippen LogP contribution in [0.25, 0.3) is 0 Å². The summed E-state index contributed by atoms with van der Waals surface area (Å²) in [5, 5.41) is 3.45. The van der Waals surface area contributed by atoms with E-state index in [-0.39, 0.29) is 5.78 Å². The fourth-order valence-electron chi connectivity index (χ4n) is 4.24. The van der Waals surface area contributed by atoms with Gasteiger partial charge < -0.3 is 10.2 Å². The third-order valence-corrected chi connectivity index (χ3v) is 5.43. The highest BCUT2D eigenvalue weighted by molar-refractivity contribution is 6.37. The Morgan fingerprint density at radius 1 is 1.07 bits per heavy atom. The Hall–Kier alpha value is -2.88. The summed E-state index contributed by atoms with van der Waals surface area (Å²) in [5.41, 5.74) is 6.62. The monoisotopic (exact) mass is 359 g/mol. The van der Waals surface area contributed by atoms with Crippen LogP contribution in [0.2, 0.25) is 0 Å². The molecule has 0 aliphatic carbocycles. The van der Waals surface area contributed by atoms with Crippen LogP contribution in [-0.2, 0) is 11.2 Å². The quantitative estimate of drug-likeness (QED) is 0.767. The summed E-state index contributed by atoms with van der Waals surface area (Å²) in [6.45, 7) is 8.12. The van der Waals surface area contributed by atoms with Crippen LogP contribution < -0.4 is 10.2 Å². The van der Waals surface area contributed by atoms with Crippen LogP contribution in [0.4, 0.5) is 11.4 Å².